The Hall–Kier alpha value is -2.26. The minimum absolute atomic E-state index is 0.228. The van der Waals surface area contributed by atoms with Gasteiger partial charge in [-0.15, -0.1) is 0 Å². The van der Waals surface area contributed by atoms with Crippen LogP contribution in [-0.2, 0) is 0 Å². The summed E-state index contributed by atoms with van der Waals surface area (Å²) in [4.78, 5) is 8.61. The van der Waals surface area contributed by atoms with Crippen LogP contribution in [0, 0.1) is 6.92 Å². The van der Waals surface area contributed by atoms with Crippen LogP contribution in [0.5, 0.6) is 0 Å². The first-order valence-electron chi connectivity index (χ1n) is 6.27. The molecular formula is C16H15N3. The zero-order chi connectivity index (χ0) is 13.2. The first-order valence-corrected chi connectivity index (χ1v) is 6.27. The van der Waals surface area contributed by atoms with Gasteiger partial charge < -0.3 is 5.73 Å². The van der Waals surface area contributed by atoms with Crippen LogP contribution < -0.4 is 5.73 Å². The Morgan fingerprint density at radius 2 is 1.95 bits per heavy atom. The van der Waals surface area contributed by atoms with Gasteiger partial charge in [-0.2, -0.15) is 0 Å². The summed E-state index contributed by atoms with van der Waals surface area (Å²) in [5.41, 5.74) is 9.48. The molecule has 3 rings (SSSR count). The van der Waals surface area contributed by atoms with Crippen molar-refractivity contribution < 1.29 is 0 Å². The third-order valence-electron chi connectivity index (χ3n) is 3.40. The topological polar surface area (TPSA) is 51.8 Å². The van der Waals surface area contributed by atoms with Crippen molar-refractivity contribution in [3.63, 3.8) is 0 Å². The van der Waals surface area contributed by atoms with Gasteiger partial charge in [-0.05, 0) is 35.6 Å². The van der Waals surface area contributed by atoms with Crippen molar-refractivity contribution in [3.05, 3.63) is 71.8 Å². The first-order chi connectivity index (χ1) is 9.27. The van der Waals surface area contributed by atoms with E-state index in [-0.39, 0.29) is 6.04 Å². The van der Waals surface area contributed by atoms with Crippen LogP contribution in [-0.4, -0.2) is 9.97 Å². The SMILES string of the molecule is Cc1cccnc1C(N)c1cccc2ccncc12. The monoisotopic (exact) mass is 249 g/mol. The van der Waals surface area contributed by atoms with Crippen molar-refractivity contribution in [3.8, 4) is 0 Å². The van der Waals surface area contributed by atoms with E-state index < -0.39 is 0 Å². The minimum atomic E-state index is -0.228. The van der Waals surface area contributed by atoms with Gasteiger partial charge in [0.15, 0.2) is 0 Å². The maximum atomic E-state index is 6.39. The Kier molecular flexibility index (Phi) is 2.97. The standard InChI is InChI=1S/C16H15N3/c1-11-4-3-8-19-16(11)15(17)13-6-2-5-12-7-9-18-10-14(12)13/h2-10,15H,17H2,1H3. The Morgan fingerprint density at radius 1 is 1.05 bits per heavy atom. The molecule has 2 heterocycles. The number of pyridine rings is 2. The molecule has 2 aromatic heterocycles. The largest absolute Gasteiger partial charge is 0.319 e. The van der Waals surface area contributed by atoms with Crippen molar-refractivity contribution in [1.29, 1.82) is 0 Å². The normalized spacial score (nSPS) is 12.5. The maximum absolute atomic E-state index is 6.39. The van der Waals surface area contributed by atoms with Crippen molar-refractivity contribution >= 4 is 10.8 Å². The number of aromatic nitrogens is 2. The second kappa shape index (κ2) is 4.78. The summed E-state index contributed by atoms with van der Waals surface area (Å²) in [6.45, 7) is 2.03. The van der Waals surface area contributed by atoms with E-state index in [1.54, 1.807) is 12.4 Å². The number of nitrogens with zero attached hydrogens (tertiary/aromatic N) is 2. The van der Waals surface area contributed by atoms with Crippen molar-refractivity contribution in [2.75, 3.05) is 0 Å². The number of nitrogens with two attached hydrogens (primary N) is 1. The van der Waals surface area contributed by atoms with Crippen LogP contribution in [0.4, 0.5) is 0 Å². The summed E-state index contributed by atoms with van der Waals surface area (Å²) in [6, 6.07) is 11.9. The van der Waals surface area contributed by atoms with E-state index in [1.165, 1.54) is 0 Å². The first kappa shape index (κ1) is 11.8. The molecule has 1 unspecified atom stereocenters. The van der Waals surface area contributed by atoms with Crippen LogP contribution in [0.3, 0.4) is 0 Å². The molecule has 0 aliphatic heterocycles. The highest BCUT2D eigenvalue weighted by Gasteiger charge is 2.15. The van der Waals surface area contributed by atoms with Crippen LogP contribution in [0.1, 0.15) is 22.9 Å². The number of hydrogen-bond acceptors (Lipinski definition) is 3. The van der Waals surface area contributed by atoms with Gasteiger partial charge in [0.05, 0.1) is 11.7 Å². The molecule has 0 aliphatic carbocycles. The summed E-state index contributed by atoms with van der Waals surface area (Å²) < 4.78 is 0. The Morgan fingerprint density at radius 3 is 2.79 bits per heavy atom. The van der Waals surface area contributed by atoms with Crippen LogP contribution in [0.25, 0.3) is 10.8 Å². The highest BCUT2D eigenvalue weighted by molar-refractivity contribution is 5.85. The fraction of sp³-hybridized carbons (Fsp3) is 0.125. The number of fused-ring (bicyclic) bond motifs is 1. The van der Waals surface area contributed by atoms with Crippen LogP contribution in [0.15, 0.2) is 55.0 Å². The molecule has 0 aliphatic rings. The van der Waals surface area contributed by atoms with Crippen molar-refractivity contribution in [1.82, 2.24) is 9.97 Å². The van der Waals surface area contributed by atoms with Crippen molar-refractivity contribution in [2.24, 2.45) is 5.73 Å². The molecular weight excluding hydrogens is 234 g/mol. The Bertz CT molecular complexity index is 717. The van der Waals surface area contributed by atoms with Gasteiger partial charge in [0.25, 0.3) is 0 Å². The third-order valence-corrected chi connectivity index (χ3v) is 3.40. The number of rotatable bonds is 2. The number of aryl methyl sites for hydroxylation is 1. The lowest BCUT2D eigenvalue weighted by Gasteiger charge is -2.15. The summed E-state index contributed by atoms with van der Waals surface area (Å²) >= 11 is 0. The average molecular weight is 249 g/mol. The molecule has 0 amide bonds. The molecule has 0 bridgehead atoms. The number of hydrogen-bond donors (Lipinski definition) is 1. The van der Waals surface area contributed by atoms with Crippen LogP contribution >= 0.6 is 0 Å². The van der Waals surface area contributed by atoms with E-state index in [4.69, 9.17) is 5.73 Å². The van der Waals surface area contributed by atoms with Gasteiger partial charge in [0, 0.05) is 24.0 Å². The molecule has 0 radical (unpaired) electrons. The van der Waals surface area contributed by atoms with Gasteiger partial charge in [-0.1, -0.05) is 24.3 Å². The zero-order valence-electron chi connectivity index (χ0n) is 10.7. The molecule has 3 aromatic rings. The molecule has 1 atom stereocenters. The molecule has 0 spiro atoms. The van der Waals surface area contributed by atoms with E-state index in [0.29, 0.717) is 0 Å². The molecule has 2 N–H and O–H groups in total. The van der Waals surface area contributed by atoms with Gasteiger partial charge in [-0.3, -0.25) is 9.97 Å². The molecule has 3 heteroatoms. The molecule has 3 nitrogen and oxygen atoms in total. The lowest BCUT2D eigenvalue weighted by atomic mass is 9.96. The molecule has 0 fully saturated rings. The van der Waals surface area contributed by atoms with Crippen molar-refractivity contribution in [2.45, 2.75) is 13.0 Å². The highest BCUT2D eigenvalue weighted by Crippen LogP contribution is 2.27. The lowest BCUT2D eigenvalue weighted by Crippen LogP contribution is -2.15. The Labute approximate surface area is 112 Å². The number of benzene rings is 1. The van der Waals surface area contributed by atoms with Gasteiger partial charge in [0.1, 0.15) is 0 Å². The van der Waals surface area contributed by atoms with E-state index in [9.17, 15) is 0 Å². The molecule has 0 saturated heterocycles. The second-order valence-corrected chi connectivity index (χ2v) is 4.63. The third kappa shape index (κ3) is 2.09. The summed E-state index contributed by atoms with van der Waals surface area (Å²) in [5.74, 6) is 0. The second-order valence-electron chi connectivity index (χ2n) is 4.63. The zero-order valence-corrected chi connectivity index (χ0v) is 10.7. The van der Waals surface area contributed by atoms with Gasteiger partial charge in [0.2, 0.25) is 0 Å². The fourth-order valence-electron chi connectivity index (χ4n) is 2.38. The quantitative estimate of drug-likeness (QED) is 0.759. The van der Waals surface area contributed by atoms with E-state index >= 15 is 0 Å². The Balaban J connectivity index is 2.17. The van der Waals surface area contributed by atoms with Gasteiger partial charge in [-0.25, -0.2) is 0 Å². The molecule has 0 saturated carbocycles. The van der Waals surface area contributed by atoms with Crippen LogP contribution in [0.2, 0.25) is 0 Å². The molecule has 1 aromatic carbocycles. The van der Waals surface area contributed by atoms with E-state index in [2.05, 4.69) is 16.0 Å². The average Bonchev–Trinajstić information content (AvgIpc) is 2.46. The lowest BCUT2D eigenvalue weighted by molar-refractivity contribution is 0.824. The predicted molar refractivity (Wildman–Crippen MR) is 76.7 cm³/mol. The molecule has 94 valence electrons. The maximum Gasteiger partial charge on any atom is 0.0735 e. The predicted octanol–water partition coefficient (Wildman–Crippen LogP) is 2.99. The summed E-state index contributed by atoms with van der Waals surface area (Å²) in [6.07, 6.45) is 5.44. The summed E-state index contributed by atoms with van der Waals surface area (Å²) in [5, 5.41) is 2.24. The summed E-state index contributed by atoms with van der Waals surface area (Å²) in [7, 11) is 0. The molecule has 19 heavy (non-hydrogen) atoms. The fourth-order valence-corrected chi connectivity index (χ4v) is 2.38. The highest BCUT2D eigenvalue weighted by atomic mass is 14.8. The minimum Gasteiger partial charge on any atom is -0.319 e. The smallest absolute Gasteiger partial charge is 0.0735 e. The van der Waals surface area contributed by atoms with E-state index in [1.807, 2.05) is 43.5 Å². The van der Waals surface area contributed by atoms with E-state index in [0.717, 1.165) is 27.6 Å². The van der Waals surface area contributed by atoms with Gasteiger partial charge >= 0.3 is 0 Å².